The number of likely N-dealkylation sites (tertiary alicyclic amines) is 2. The standard InChI is InChI=1S/C61H77F2N11O6S/c1-40-57(81-39-67-40)42-18-16-41(17-19-42)32-66-59(78)53-31-46(75)36-73(53)60(79)58(61(2,3)4)70-54(76)15-10-8-6-5-7-9-11-22-64-55(77)38-71-23-20-45(21-24-71)74-35-44(33-68-74)52-34-65-51-14-12-13-47(56(51)69-52)43-29-49(62)48(50(63)30-43)37-72-25-27-80-28-26-72/h12-14,16-19,29-30,33-35,39,45-46,53,58,75H,5-11,15,20-28,31-32,36-38H2,1-4H3,(H,64,77)(H,66,78)(H,70,76)/t46-,53+,58-/m1/s1. The number of para-hydroxylation sites is 1. The Morgan fingerprint density at radius 2 is 1.54 bits per heavy atom. The van der Waals surface area contributed by atoms with E-state index in [0.29, 0.717) is 73.7 Å². The number of aryl methyl sites for hydroxylation is 1. The zero-order chi connectivity index (χ0) is 57.0. The van der Waals surface area contributed by atoms with E-state index in [1.807, 2.05) is 91.4 Å². The molecule has 0 saturated carbocycles. The van der Waals surface area contributed by atoms with Crippen molar-refractivity contribution in [2.75, 3.05) is 59.0 Å². The van der Waals surface area contributed by atoms with Crippen LogP contribution >= 0.6 is 11.3 Å². The highest BCUT2D eigenvalue weighted by atomic mass is 32.1. The number of carbonyl (C=O) groups excluding carboxylic acids is 4. The van der Waals surface area contributed by atoms with Gasteiger partial charge in [-0.2, -0.15) is 5.10 Å². The summed E-state index contributed by atoms with van der Waals surface area (Å²) in [5, 5.41) is 24.3. The molecule has 81 heavy (non-hydrogen) atoms. The fourth-order valence-corrected chi connectivity index (χ4v) is 11.9. The highest BCUT2D eigenvalue weighted by Crippen LogP contribution is 2.33. The van der Waals surface area contributed by atoms with E-state index in [1.165, 1.54) is 17.0 Å². The topological polar surface area (TPSA) is 200 Å². The summed E-state index contributed by atoms with van der Waals surface area (Å²) in [7, 11) is 0. The average Bonchev–Trinajstić information content (AvgIpc) is 4.45. The molecule has 0 radical (unpaired) electrons. The molecular weight excluding hydrogens is 1050 g/mol. The van der Waals surface area contributed by atoms with Gasteiger partial charge in [-0.15, -0.1) is 11.3 Å². The minimum Gasteiger partial charge on any atom is -0.391 e. The molecule has 17 nitrogen and oxygen atoms in total. The van der Waals surface area contributed by atoms with Crippen molar-refractivity contribution in [1.29, 1.82) is 0 Å². The number of β-amino-alcohol motifs (C(OH)–C–C–N with tert-alkyl or cyclic N) is 1. The maximum absolute atomic E-state index is 15.5. The lowest BCUT2D eigenvalue weighted by Crippen LogP contribution is -2.57. The molecule has 4 amide bonds. The number of aromatic nitrogens is 5. The predicted octanol–water partition coefficient (Wildman–Crippen LogP) is 8.39. The number of ether oxygens (including phenoxy) is 1. The fourth-order valence-electron chi connectivity index (χ4n) is 11.1. The summed E-state index contributed by atoms with van der Waals surface area (Å²) < 4.78 is 38.3. The number of morpholine rings is 1. The minimum absolute atomic E-state index is 0.0201. The molecule has 3 aliphatic heterocycles. The summed E-state index contributed by atoms with van der Waals surface area (Å²) in [6.45, 7) is 12.9. The maximum atomic E-state index is 15.5. The lowest BCUT2D eigenvalue weighted by atomic mass is 9.85. The van der Waals surface area contributed by atoms with Crippen LogP contribution in [0.5, 0.6) is 0 Å². The number of benzene rings is 3. The molecule has 4 N–H and O–H groups in total. The second-order valence-corrected chi connectivity index (χ2v) is 23.8. The first kappa shape index (κ1) is 59.1. The molecule has 432 valence electrons. The number of amides is 4. The summed E-state index contributed by atoms with van der Waals surface area (Å²) in [6.07, 6.45) is 13.2. The Morgan fingerprint density at radius 3 is 2.25 bits per heavy atom. The van der Waals surface area contributed by atoms with Gasteiger partial charge in [0.1, 0.15) is 23.7 Å². The predicted molar refractivity (Wildman–Crippen MR) is 309 cm³/mol. The highest BCUT2D eigenvalue weighted by Gasteiger charge is 2.44. The molecule has 3 fully saturated rings. The molecule has 3 saturated heterocycles. The van der Waals surface area contributed by atoms with Gasteiger partial charge >= 0.3 is 0 Å². The van der Waals surface area contributed by atoms with Gasteiger partial charge in [-0.25, -0.2) is 18.7 Å². The van der Waals surface area contributed by atoms with Crippen molar-refractivity contribution in [1.82, 2.24) is 55.4 Å². The molecule has 0 unspecified atom stereocenters. The number of thiazole rings is 1. The second kappa shape index (κ2) is 27.5. The summed E-state index contributed by atoms with van der Waals surface area (Å²) in [6, 6.07) is 14.6. The van der Waals surface area contributed by atoms with E-state index in [1.54, 1.807) is 23.7 Å². The van der Waals surface area contributed by atoms with Crippen molar-refractivity contribution in [3.63, 3.8) is 0 Å². The number of aliphatic hydroxyl groups excluding tert-OH is 1. The zero-order valence-electron chi connectivity index (χ0n) is 47.1. The maximum Gasteiger partial charge on any atom is 0.246 e. The second-order valence-electron chi connectivity index (χ2n) is 23.0. The van der Waals surface area contributed by atoms with E-state index in [9.17, 15) is 24.3 Å². The average molecular weight is 1130 g/mol. The summed E-state index contributed by atoms with van der Waals surface area (Å²) in [5.41, 5.74) is 7.71. The number of hydrogen-bond donors (Lipinski definition) is 4. The van der Waals surface area contributed by atoms with Crippen LogP contribution in [-0.4, -0.2) is 145 Å². The van der Waals surface area contributed by atoms with Gasteiger partial charge in [0, 0.05) is 88.1 Å². The molecule has 0 spiro atoms. The quantitative estimate of drug-likeness (QED) is 0.0448. The van der Waals surface area contributed by atoms with Crippen LogP contribution in [-0.2, 0) is 37.0 Å². The first-order chi connectivity index (χ1) is 39.1. The van der Waals surface area contributed by atoms with Gasteiger partial charge in [0.25, 0.3) is 0 Å². The third kappa shape index (κ3) is 15.5. The lowest BCUT2D eigenvalue weighted by Gasteiger charge is -2.35. The molecular formula is C61H77F2N11O6S. The van der Waals surface area contributed by atoms with Crippen LogP contribution < -0.4 is 16.0 Å². The highest BCUT2D eigenvalue weighted by molar-refractivity contribution is 7.13. The van der Waals surface area contributed by atoms with E-state index in [-0.39, 0.29) is 67.7 Å². The van der Waals surface area contributed by atoms with Crippen LogP contribution in [0.1, 0.15) is 114 Å². The molecule has 3 atom stereocenters. The molecule has 0 bridgehead atoms. The molecule has 6 aromatic rings. The van der Waals surface area contributed by atoms with Crippen molar-refractivity contribution in [3.8, 4) is 32.8 Å². The van der Waals surface area contributed by atoms with Gasteiger partial charge in [0.15, 0.2) is 0 Å². The first-order valence-corrected chi connectivity index (χ1v) is 29.6. The molecule has 20 heteroatoms. The van der Waals surface area contributed by atoms with E-state index in [2.05, 4.69) is 35.9 Å². The van der Waals surface area contributed by atoms with Gasteiger partial charge in [-0.1, -0.05) is 89.3 Å². The molecule has 0 aliphatic carbocycles. The van der Waals surface area contributed by atoms with Gasteiger partial charge in [-0.3, -0.25) is 38.6 Å². The lowest BCUT2D eigenvalue weighted by molar-refractivity contribution is -0.144. The number of aliphatic hydroxyl groups is 1. The number of carbonyl (C=O) groups is 4. The van der Waals surface area contributed by atoms with E-state index >= 15 is 8.78 Å². The Labute approximate surface area is 477 Å². The fraction of sp³-hybridized carbons (Fsp3) is 0.508. The number of unbranched alkanes of at least 4 members (excludes halogenated alkanes) is 6. The van der Waals surface area contributed by atoms with Crippen molar-refractivity contribution in [2.45, 2.75) is 136 Å². The largest absolute Gasteiger partial charge is 0.391 e. The Morgan fingerprint density at radius 1 is 0.827 bits per heavy atom. The minimum atomic E-state index is -0.867. The number of nitrogens with one attached hydrogen (secondary N) is 3. The van der Waals surface area contributed by atoms with Gasteiger partial charge in [-0.05, 0) is 72.9 Å². The monoisotopic (exact) mass is 1130 g/mol. The number of piperidine rings is 1. The van der Waals surface area contributed by atoms with Crippen molar-refractivity contribution >= 4 is 46.0 Å². The van der Waals surface area contributed by atoms with Crippen molar-refractivity contribution in [3.05, 3.63) is 107 Å². The molecule has 6 heterocycles. The smallest absolute Gasteiger partial charge is 0.246 e. The van der Waals surface area contributed by atoms with Crippen LogP contribution in [0.4, 0.5) is 8.78 Å². The Bertz CT molecular complexity index is 3090. The summed E-state index contributed by atoms with van der Waals surface area (Å²) >= 11 is 1.58. The number of nitrogens with zero attached hydrogens (tertiary/aromatic N) is 8. The molecule has 9 rings (SSSR count). The summed E-state index contributed by atoms with van der Waals surface area (Å²) in [5.74, 6) is -2.09. The number of rotatable bonds is 23. The van der Waals surface area contributed by atoms with Crippen LogP contribution in [0.25, 0.3) is 43.9 Å². The van der Waals surface area contributed by atoms with Crippen molar-refractivity contribution in [2.24, 2.45) is 5.41 Å². The SMILES string of the molecule is Cc1ncsc1-c1ccc(CNC(=O)[C@@H]2C[C@@H](O)CN2C(=O)[C@@H](NC(=O)CCCCCCCCCNC(=O)CN2CCC(n3cc(-c4cnc5cccc(-c6cc(F)c(CN7CCOCC7)c(F)c6)c5n4)cn3)CC2)C(C)(C)C)cc1. The molecule has 3 aromatic heterocycles. The van der Waals surface area contributed by atoms with Crippen LogP contribution in [0.2, 0.25) is 0 Å². The van der Waals surface area contributed by atoms with E-state index in [4.69, 9.17) is 9.72 Å². The van der Waals surface area contributed by atoms with Crippen LogP contribution in [0.15, 0.2) is 78.7 Å². The van der Waals surface area contributed by atoms with Gasteiger partial charge in [0.2, 0.25) is 23.6 Å². The normalized spacial score (nSPS) is 17.8. The van der Waals surface area contributed by atoms with Gasteiger partial charge < -0.3 is 30.7 Å². The Hall–Kier alpha value is -6.58. The van der Waals surface area contributed by atoms with Crippen LogP contribution in [0, 0.1) is 24.0 Å². The number of fused-ring (bicyclic) bond motifs is 1. The Kier molecular flexibility index (Phi) is 20.0. The summed E-state index contributed by atoms with van der Waals surface area (Å²) in [4.78, 5) is 74.3. The van der Waals surface area contributed by atoms with Crippen LogP contribution in [0.3, 0.4) is 0 Å². The zero-order valence-corrected chi connectivity index (χ0v) is 47.9. The third-order valence-electron chi connectivity index (χ3n) is 15.8. The van der Waals surface area contributed by atoms with E-state index in [0.717, 1.165) is 91.7 Å². The van der Waals surface area contributed by atoms with Gasteiger partial charge in [0.05, 0.1) is 77.1 Å². The number of hydrogen-bond acceptors (Lipinski definition) is 13. The molecule has 3 aliphatic rings. The Balaban J connectivity index is 0.637. The number of halogens is 2. The van der Waals surface area contributed by atoms with E-state index < -0.39 is 35.2 Å². The van der Waals surface area contributed by atoms with Crippen molar-refractivity contribution < 1.29 is 37.8 Å². The molecule has 3 aromatic carbocycles. The first-order valence-electron chi connectivity index (χ1n) is 28.7. The third-order valence-corrected chi connectivity index (χ3v) is 16.8.